The Morgan fingerprint density at radius 1 is 1.27 bits per heavy atom. The van der Waals surface area contributed by atoms with Crippen molar-refractivity contribution in [2.24, 2.45) is 0 Å². The molecule has 1 aromatic carbocycles. The number of hydrogen-bond acceptors (Lipinski definition) is 5. The van der Waals surface area contributed by atoms with E-state index in [4.69, 9.17) is 10.5 Å². The van der Waals surface area contributed by atoms with Crippen LogP contribution in [-0.4, -0.2) is 10.2 Å². The second-order valence-electron chi connectivity index (χ2n) is 3.07. The van der Waals surface area contributed by atoms with Crippen LogP contribution in [0.3, 0.4) is 0 Å². The zero-order chi connectivity index (χ0) is 10.7. The molecule has 0 aliphatic rings. The number of aryl methyl sites for hydroxylation is 1. The SMILES string of the molecule is Cc1nnc(COc2ccc(N)cc2)s1. The predicted octanol–water partition coefficient (Wildman–Crippen LogP) is 2.01. The molecule has 0 amide bonds. The Morgan fingerprint density at radius 3 is 2.60 bits per heavy atom. The third-order valence-electron chi connectivity index (χ3n) is 1.81. The van der Waals surface area contributed by atoms with E-state index in [1.165, 1.54) is 11.3 Å². The van der Waals surface area contributed by atoms with Crippen LogP contribution in [0.25, 0.3) is 0 Å². The second-order valence-corrected chi connectivity index (χ2v) is 4.34. The van der Waals surface area contributed by atoms with Gasteiger partial charge in [-0.15, -0.1) is 10.2 Å². The molecule has 2 rings (SSSR count). The molecule has 0 atom stereocenters. The van der Waals surface area contributed by atoms with E-state index < -0.39 is 0 Å². The maximum absolute atomic E-state index is 5.56. The van der Waals surface area contributed by atoms with Gasteiger partial charge in [-0.25, -0.2) is 0 Å². The summed E-state index contributed by atoms with van der Waals surface area (Å²) >= 11 is 1.54. The normalized spacial score (nSPS) is 10.2. The van der Waals surface area contributed by atoms with E-state index in [1.54, 1.807) is 12.1 Å². The molecule has 0 unspecified atom stereocenters. The Labute approximate surface area is 91.7 Å². The van der Waals surface area contributed by atoms with Gasteiger partial charge in [0.1, 0.15) is 17.4 Å². The summed E-state index contributed by atoms with van der Waals surface area (Å²) in [4.78, 5) is 0. The minimum atomic E-state index is 0.454. The number of rotatable bonds is 3. The first-order valence-corrected chi connectivity index (χ1v) is 5.33. The Balaban J connectivity index is 1.96. The van der Waals surface area contributed by atoms with Crippen LogP contribution in [-0.2, 0) is 6.61 Å². The van der Waals surface area contributed by atoms with Crippen molar-refractivity contribution in [1.82, 2.24) is 10.2 Å². The van der Waals surface area contributed by atoms with E-state index in [-0.39, 0.29) is 0 Å². The highest BCUT2D eigenvalue weighted by Gasteiger charge is 2.01. The number of ether oxygens (including phenoxy) is 1. The van der Waals surface area contributed by atoms with Gasteiger partial charge in [0.05, 0.1) is 0 Å². The Kier molecular flexibility index (Phi) is 2.82. The van der Waals surface area contributed by atoms with Crippen LogP contribution >= 0.6 is 11.3 Å². The number of hydrogen-bond donors (Lipinski definition) is 1. The van der Waals surface area contributed by atoms with Crippen LogP contribution in [0.5, 0.6) is 5.75 Å². The summed E-state index contributed by atoms with van der Waals surface area (Å²) in [7, 11) is 0. The average molecular weight is 221 g/mol. The van der Waals surface area contributed by atoms with E-state index in [0.717, 1.165) is 21.5 Å². The summed E-state index contributed by atoms with van der Waals surface area (Å²) in [5, 5.41) is 9.71. The van der Waals surface area contributed by atoms with Crippen molar-refractivity contribution < 1.29 is 4.74 Å². The van der Waals surface area contributed by atoms with Crippen LogP contribution in [0.2, 0.25) is 0 Å². The van der Waals surface area contributed by atoms with Gasteiger partial charge in [0.2, 0.25) is 0 Å². The van der Waals surface area contributed by atoms with Crippen LogP contribution in [0.15, 0.2) is 24.3 Å². The number of nitrogen functional groups attached to an aromatic ring is 1. The van der Waals surface area contributed by atoms with Gasteiger partial charge in [-0.1, -0.05) is 11.3 Å². The molecule has 0 spiro atoms. The van der Waals surface area contributed by atoms with Crippen molar-refractivity contribution in [2.45, 2.75) is 13.5 Å². The molecule has 0 radical (unpaired) electrons. The standard InChI is InChI=1S/C10H11N3OS/c1-7-12-13-10(15-7)6-14-9-4-2-8(11)3-5-9/h2-5H,6,11H2,1H3. The fourth-order valence-electron chi connectivity index (χ4n) is 1.10. The zero-order valence-corrected chi connectivity index (χ0v) is 9.12. The first-order valence-electron chi connectivity index (χ1n) is 4.51. The molecule has 1 aromatic heterocycles. The van der Waals surface area contributed by atoms with E-state index in [0.29, 0.717) is 6.61 Å². The summed E-state index contributed by atoms with van der Waals surface area (Å²) in [6.45, 7) is 2.37. The minimum absolute atomic E-state index is 0.454. The zero-order valence-electron chi connectivity index (χ0n) is 8.30. The van der Waals surface area contributed by atoms with Crippen molar-refractivity contribution in [3.05, 3.63) is 34.3 Å². The first kappa shape index (κ1) is 9.92. The highest BCUT2D eigenvalue weighted by atomic mass is 32.1. The van der Waals surface area contributed by atoms with Crippen molar-refractivity contribution >= 4 is 17.0 Å². The van der Waals surface area contributed by atoms with Crippen LogP contribution in [0, 0.1) is 6.92 Å². The van der Waals surface area contributed by atoms with Crippen molar-refractivity contribution in [3.63, 3.8) is 0 Å². The Morgan fingerprint density at radius 2 is 2.00 bits per heavy atom. The molecule has 0 aliphatic heterocycles. The predicted molar refractivity (Wildman–Crippen MR) is 59.8 cm³/mol. The molecule has 2 N–H and O–H groups in total. The van der Waals surface area contributed by atoms with Crippen LogP contribution < -0.4 is 10.5 Å². The topological polar surface area (TPSA) is 61.0 Å². The van der Waals surface area contributed by atoms with Crippen LogP contribution in [0.1, 0.15) is 10.0 Å². The molecule has 0 fully saturated rings. The van der Waals surface area contributed by atoms with Gasteiger partial charge in [0, 0.05) is 5.69 Å². The van der Waals surface area contributed by atoms with E-state index >= 15 is 0 Å². The van der Waals surface area contributed by atoms with Gasteiger partial charge in [0.15, 0.2) is 5.01 Å². The first-order chi connectivity index (χ1) is 7.24. The molecule has 15 heavy (non-hydrogen) atoms. The molecule has 5 heteroatoms. The molecule has 0 aliphatic carbocycles. The van der Waals surface area contributed by atoms with Gasteiger partial charge in [-0.3, -0.25) is 0 Å². The lowest BCUT2D eigenvalue weighted by atomic mass is 10.3. The summed E-state index contributed by atoms with van der Waals surface area (Å²) in [6.07, 6.45) is 0. The third-order valence-corrected chi connectivity index (χ3v) is 2.62. The summed E-state index contributed by atoms with van der Waals surface area (Å²) in [5.74, 6) is 0.789. The summed E-state index contributed by atoms with van der Waals surface area (Å²) < 4.78 is 5.51. The van der Waals surface area contributed by atoms with Crippen molar-refractivity contribution in [1.29, 1.82) is 0 Å². The third kappa shape index (κ3) is 2.66. The highest BCUT2D eigenvalue weighted by Crippen LogP contribution is 2.16. The molecule has 4 nitrogen and oxygen atoms in total. The molecule has 78 valence electrons. The Hall–Kier alpha value is -1.62. The maximum atomic E-state index is 5.56. The lowest BCUT2D eigenvalue weighted by Gasteiger charge is -2.03. The number of nitrogens with zero attached hydrogens (tertiary/aromatic N) is 2. The lowest BCUT2D eigenvalue weighted by molar-refractivity contribution is 0.304. The number of anilines is 1. The Bertz CT molecular complexity index is 438. The summed E-state index contributed by atoms with van der Waals surface area (Å²) in [6, 6.07) is 7.29. The monoisotopic (exact) mass is 221 g/mol. The quantitative estimate of drug-likeness (QED) is 0.805. The average Bonchev–Trinajstić information content (AvgIpc) is 2.64. The van der Waals surface area contributed by atoms with Gasteiger partial charge in [0.25, 0.3) is 0 Å². The number of aromatic nitrogens is 2. The fourth-order valence-corrected chi connectivity index (χ4v) is 1.73. The smallest absolute Gasteiger partial charge is 0.155 e. The van der Waals surface area contributed by atoms with Gasteiger partial charge < -0.3 is 10.5 Å². The number of benzene rings is 1. The lowest BCUT2D eigenvalue weighted by Crippen LogP contribution is -1.95. The molecule has 0 saturated heterocycles. The van der Waals surface area contributed by atoms with Crippen molar-refractivity contribution in [3.8, 4) is 5.75 Å². The van der Waals surface area contributed by atoms with Gasteiger partial charge in [-0.05, 0) is 31.2 Å². The van der Waals surface area contributed by atoms with Gasteiger partial charge >= 0.3 is 0 Å². The molecular formula is C10H11N3OS. The second kappa shape index (κ2) is 4.27. The molecule has 0 saturated carbocycles. The van der Waals surface area contributed by atoms with E-state index in [1.807, 2.05) is 19.1 Å². The molecule has 1 heterocycles. The van der Waals surface area contributed by atoms with Crippen molar-refractivity contribution in [2.75, 3.05) is 5.73 Å². The van der Waals surface area contributed by atoms with E-state index in [9.17, 15) is 0 Å². The fraction of sp³-hybridized carbons (Fsp3) is 0.200. The maximum Gasteiger partial charge on any atom is 0.155 e. The summed E-state index contributed by atoms with van der Waals surface area (Å²) in [5.41, 5.74) is 6.29. The largest absolute Gasteiger partial charge is 0.486 e. The van der Waals surface area contributed by atoms with Gasteiger partial charge in [-0.2, -0.15) is 0 Å². The number of nitrogens with two attached hydrogens (primary N) is 1. The minimum Gasteiger partial charge on any atom is -0.486 e. The van der Waals surface area contributed by atoms with Crippen LogP contribution in [0.4, 0.5) is 5.69 Å². The molecular weight excluding hydrogens is 210 g/mol. The molecule has 0 bridgehead atoms. The molecule has 2 aromatic rings. The van der Waals surface area contributed by atoms with E-state index in [2.05, 4.69) is 10.2 Å². The highest BCUT2D eigenvalue weighted by molar-refractivity contribution is 7.11.